The number of amidine groups is 1. The van der Waals surface area contributed by atoms with Crippen LogP contribution in [0.1, 0.15) is 5.56 Å². The number of nitriles is 1. The van der Waals surface area contributed by atoms with Crippen molar-refractivity contribution in [2.24, 2.45) is 4.99 Å². The highest BCUT2D eigenvalue weighted by Gasteiger charge is 2.24. The molecule has 1 amide bonds. The summed E-state index contributed by atoms with van der Waals surface area (Å²) >= 11 is 4.53. The molecular formula is C19H13BrN4O5S. The summed E-state index contributed by atoms with van der Waals surface area (Å²) in [6.07, 6.45) is 1.67. The second-order valence-corrected chi connectivity index (χ2v) is 7.62. The van der Waals surface area contributed by atoms with Crippen molar-refractivity contribution in [1.82, 2.24) is 5.32 Å². The molecule has 0 unspecified atom stereocenters. The number of non-ortho nitro benzene ring substituents is 1. The molecule has 1 saturated heterocycles. The number of aliphatic imine (C=N–C) groups is 1. The first-order chi connectivity index (χ1) is 14.4. The Kier molecular flexibility index (Phi) is 6.71. The SMILES string of the molecule is COc1cc(/C=C2\SC(=Nc3ccc([N+](=O)[O-])cc3)NC2=O)cc(Br)c1OCC#N. The van der Waals surface area contributed by atoms with Crippen molar-refractivity contribution in [1.29, 1.82) is 5.26 Å². The Morgan fingerprint density at radius 1 is 1.37 bits per heavy atom. The van der Waals surface area contributed by atoms with Gasteiger partial charge in [0.25, 0.3) is 11.6 Å². The van der Waals surface area contributed by atoms with E-state index in [2.05, 4.69) is 26.2 Å². The van der Waals surface area contributed by atoms with Crippen molar-refractivity contribution in [3.05, 3.63) is 61.5 Å². The summed E-state index contributed by atoms with van der Waals surface area (Å²) < 4.78 is 11.2. The second-order valence-electron chi connectivity index (χ2n) is 5.74. The molecule has 1 aliphatic heterocycles. The standard InChI is InChI=1S/C19H13BrN4O5S/c1-28-15-9-11(8-14(20)17(15)29-7-6-21)10-16-18(25)23-19(30-16)22-12-2-4-13(5-3-12)24(26)27/h2-5,8-10H,7H2,1H3,(H,22,23,25)/b16-10-. The van der Waals surface area contributed by atoms with Crippen LogP contribution >= 0.6 is 27.7 Å². The lowest BCUT2D eigenvalue weighted by atomic mass is 10.2. The first-order valence-corrected chi connectivity index (χ1v) is 9.93. The van der Waals surface area contributed by atoms with E-state index < -0.39 is 4.92 Å². The highest BCUT2D eigenvalue weighted by molar-refractivity contribution is 9.10. The van der Waals surface area contributed by atoms with E-state index in [1.165, 1.54) is 31.4 Å². The lowest BCUT2D eigenvalue weighted by molar-refractivity contribution is -0.384. The monoisotopic (exact) mass is 488 g/mol. The van der Waals surface area contributed by atoms with Crippen LogP contribution in [0.25, 0.3) is 6.08 Å². The summed E-state index contributed by atoms with van der Waals surface area (Å²) in [6, 6.07) is 11.0. The molecule has 0 aromatic heterocycles. The van der Waals surface area contributed by atoms with Gasteiger partial charge >= 0.3 is 0 Å². The summed E-state index contributed by atoms with van der Waals surface area (Å²) in [7, 11) is 1.48. The zero-order valence-corrected chi connectivity index (χ0v) is 17.8. The number of benzene rings is 2. The van der Waals surface area contributed by atoms with Gasteiger partial charge in [-0.05, 0) is 63.6 Å². The molecule has 1 N–H and O–H groups in total. The average Bonchev–Trinajstić information content (AvgIpc) is 3.05. The van der Waals surface area contributed by atoms with Crippen LogP contribution in [0.4, 0.5) is 11.4 Å². The van der Waals surface area contributed by atoms with Crippen LogP contribution in [-0.4, -0.2) is 29.7 Å². The van der Waals surface area contributed by atoms with Crippen LogP contribution in [0.15, 0.2) is 50.8 Å². The molecule has 11 heteroatoms. The molecule has 0 radical (unpaired) electrons. The van der Waals surface area contributed by atoms with Crippen molar-refractivity contribution in [2.45, 2.75) is 0 Å². The Labute approximate surface area is 183 Å². The summed E-state index contributed by atoms with van der Waals surface area (Å²) in [6.45, 7) is -0.129. The van der Waals surface area contributed by atoms with Gasteiger partial charge in [0.1, 0.15) is 6.07 Å². The maximum Gasteiger partial charge on any atom is 0.269 e. The number of nitrogens with zero attached hydrogens (tertiary/aromatic N) is 3. The summed E-state index contributed by atoms with van der Waals surface area (Å²) in [5.41, 5.74) is 1.12. The van der Waals surface area contributed by atoms with Crippen molar-refractivity contribution < 1.29 is 19.2 Å². The van der Waals surface area contributed by atoms with Gasteiger partial charge < -0.3 is 14.8 Å². The van der Waals surface area contributed by atoms with Crippen LogP contribution in [-0.2, 0) is 4.79 Å². The number of nitro benzene ring substituents is 1. The van der Waals surface area contributed by atoms with Gasteiger partial charge in [-0.3, -0.25) is 14.9 Å². The van der Waals surface area contributed by atoms with Gasteiger partial charge in [0.15, 0.2) is 23.3 Å². The van der Waals surface area contributed by atoms with Crippen molar-refractivity contribution in [2.75, 3.05) is 13.7 Å². The lowest BCUT2D eigenvalue weighted by Crippen LogP contribution is -2.19. The number of hydrogen-bond donors (Lipinski definition) is 1. The molecular weight excluding hydrogens is 476 g/mol. The first-order valence-electron chi connectivity index (χ1n) is 8.32. The van der Waals surface area contributed by atoms with Gasteiger partial charge in [0.2, 0.25) is 0 Å². The maximum absolute atomic E-state index is 12.3. The van der Waals surface area contributed by atoms with Gasteiger partial charge in [-0.1, -0.05) is 0 Å². The number of carbonyl (C=O) groups is 1. The van der Waals surface area contributed by atoms with Gasteiger partial charge in [0, 0.05) is 12.1 Å². The topological polar surface area (TPSA) is 127 Å². The Bertz CT molecular complexity index is 1110. The predicted molar refractivity (Wildman–Crippen MR) is 116 cm³/mol. The molecule has 0 atom stereocenters. The molecule has 0 spiro atoms. The van der Waals surface area contributed by atoms with E-state index in [0.29, 0.717) is 37.3 Å². The Balaban J connectivity index is 1.83. The first kappa shape index (κ1) is 21.4. The zero-order chi connectivity index (χ0) is 21.7. The van der Waals surface area contributed by atoms with Crippen LogP contribution in [0.3, 0.4) is 0 Å². The normalized spacial score (nSPS) is 15.7. The van der Waals surface area contributed by atoms with Crippen LogP contribution in [0, 0.1) is 21.4 Å². The number of methoxy groups -OCH3 is 1. The Morgan fingerprint density at radius 2 is 2.10 bits per heavy atom. The number of halogens is 1. The van der Waals surface area contributed by atoms with Crippen molar-refractivity contribution in [3.8, 4) is 17.6 Å². The third-order valence-electron chi connectivity index (χ3n) is 3.77. The van der Waals surface area contributed by atoms with Crippen LogP contribution < -0.4 is 14.8 Å². The van der Waals surface area contributed by atoms with E-state index in [-0.39, 0.29) is 18.2 Å². The van der Waals surface area contributed by atoms with E-state index in [1.807, 2.05) is 6.07 Å². The van der Waals surface area contributed by atoms with Crippen LogP contribution in [0.2, 0.25) is 0 Å². The molecule has 2 aromatic rings. The minimum Gasteiger partial charge on any atom is -0.493 e. The molecule has 152 valence electrons. The molecule has 1 heterocycles. The molecule has 0 saturated carbocycles. The maximum atomic E-state index is 12.3. The van der Waals surface area contributed by atoms with Gasteiger partial charge in [0.05, 0.1) is 27.1 Å². The number of carbonyl (C=O) groups excluding carboxylic acids is 1. The average molecular weight is 489 g/mol. The number of nitro groups is 1. The fourth-order valence-electron chi connectivity index (χ4n) is 2.47. The molecule has 1 aliphatic rings. The van der Waals surface area contributed by atoms with Crippen LogP contribution in [0.5, 0.6) is 11.5 Å². The number of amides is 1. The van der Waals surface area contributed by atoms with E-state index in [0.717, 1.165) is 11.8 Å². The van der Waals surface area contributed by atoms with E-state index in [4.69, 9.17) is 14.7 Å². The number of nitrogens with one attached hydrogen (secondary N) is 1. The fourth-order valence-corrected chi connectivity index (χ4v) is 3.88. The second kappa shape index (κ2) is 9.43. The third-order valence-corrected chi connectivity index (χ3v) is 5.27. The van der Waals surface area contributed by atoms with E-state index in [9.17, 15) is 14.9 Å². The molecule has 30 heavy (non-hydrogen) atoms. The molecule has 9 nitrogen and oxygen atoms in total. The van der Waals surface area contributed by atoms with Gasteiger partial charge in [-0.15, -0.1) is 0 Å². The molecule has 0 bridgehead atoms. The van der Waals surface area contributed by atoms with Crippen molar-refractivity contribution in [3.63, 3.8) is 0 Å². The molecule has 3 rings (SSSR count). The van der Waals surface area contributed by atoms with E-state index >= 15 is 0 Å². The zero-order valence-electron chi connectivity index (χ0n) is 15.4. The minimum absolute atomic E-state index is 0.0376. The molecule has 2 aromatic carbocycles. The number of ether oxygens (including phenoxy) is 2. The summed E-state index contributed by atoms with van der Waals surface area (Å²) in [5.74, 6) is 0.486. The fraction of sp³-hybridized carbons (Fsp3) is 0.105. The Hall–Kier alpha value is -3.36. The quantitative estimate of drug-likeness (QED) is 0.367. The van der Waals surface area contributed by atoms with Gasteiger partial charge in [-0.25, -0.2) is 4.99 Å². The summed E-state index contributed by atoms with van der Waals surface area (Å²) in [4.78, 5) is 27.2. The molecule has 0 aliphatic carbocycles. The minimum atomic E-state index is -0.493. The third kappa shape index (κ3) is 4.97. The summed E-state index contributed by atoms with van der Waals surface area (Å²) in [5, 5.41) is 22.4. The lowest BCUT2D eigenvalue weighted by Gasteiger charge is -2.11. The molecule has 1 fully saturated rings. The number of hydrogen-bond acceptors (Lipinski definition) is 8. The highest BCUT2D eigenvalue weighted by Crippen LogP contribution is 2.38. The smallest absolute Gasteiger partial charge is 0.269 e. The highest BCUT2D eigenvalue weighted by atomic mass is 79.9. The van der Waals surface area contributed by atoms with Gasteiger partial charge in [-0.2, -0.15) is 5.26 Å². The number of rotatable bonds is 6. The predicted octanol–water partition coefficient (Wildman–Crippen LogP) is 4.16. The number of thioether (sulfide) groups is 1. The largest absolute Gasteiger partial charge is 0.493 e. The Morgan fingerprint density at radius 3 is 2.73 bits per heavy atom. The van der Waals surface area contributed by atoms with Crippen molar-refractivity contribution >= 4 is 56.2 Å². The van der Waals surface area contributed by atoms with E-state index in [1.54, 1.807) is 18.2 Å².